The molecular formula is C14H16N4O2. The van der Waals surface area contributed by atoms with E-state index in [4.69, 9.17) is 10.5 Å². The second-order valence-corrected chi connectivity index (χ2v) is 4.93. The third kappa shape index (κ3) is 2.09. The Hall–Kier alpha value is -2.50. The molecule has 0 saturated heterocycles. The van der Waals surface area contributed by atoms with E-state index in [1.807, 2.05) is 19.3 Å². The highest BCUT2D eigenvalue weighted by atomic mass is 16.5. The number of benzene rings is 1. The van der Waals surface area contributed by atoms with E-state index in [9.17, 15) is 4.79 Å². The number of aromatic nitrogens is 2. The molecular weight excluding hydrogens is 256 g/mol. The van der Waals surface area contributed by atoms with Gasteiger partial charge in [0.05, 0.1) is 18.4 Å². The van der Waals surface area contributed by atoms with Gasteiger partial charge in [0.25, 0.3) is 5.91 Å². The largest absolute Gasteiger partial charge is 0.479 e. The molecule has 1 atom stereocenters. The first-order valence-corrected chi connectivity index (χ1v) is 6.39. The Kier molecular flexibility index (Phi) is 2.85. The normalized spacial score (nSPS) is 17.8. The molecule has 6 nitrogen and oxygen atoms in total. The third-order valence-corrected chi connectivity index (χ3v) is 3.29. The van der Waals surface area contributed by atoms with Crippen LogP contribution in [0.4, 0.5) is 11.4 Å². The fraction of sp³-hybridized carbons (Fsp3) is 0.286. The van der Waals surface area contributed by atoms with Crippen LogP contribution in [0.15, 0.2) is 30.6 Å². The van der Waals surface area contributed by atoms with Crippen LogP contribution in [0.5, 0.6) is 5.75 Å². The lowest BCUT2D eigenvalue weighted by molar-refractivity contribution is -0.125. The molecule has 2 N–H and O–H groups in total. The molecule has 3 rings (SSSR count). The second kappa shape index (κ2) is 4.56. The fourth-order valence-corrected chi connectivity index (χ4v) is 2.33. The summed E-state index contributed by atoms with van der Waals surface area (Å²) >= 11 is 0. The maximum Gasteiger partial charge on any atom is 0.268 e. The van der Waals surface area contributed by atoms with Crippen LogP contribution in [0, 0.1) is 0 Å². The summed E-state index contributed by atoms with van der Waals surface area (Å²) in [6.07, 6.45) is 3.13. The van der Waals surface area contributed by atoms with Crippen LogP contribution in [-0.2, 0) is 18.4 Å². The van der Waals surface area contributed by atoms with Crippen LogP contribution in [0.1, 0.15) is 12.5 Å². The molecule has 20 heavy (non-hydrogen) atoms. The monoisotopic (exact) mass is 272 g/mol. The lowest BCUT2D eigenvalue weighted by atomic mass is 10.1. The van der Waals surface area contributed by atoms with Crippen molar-refractivity contribution in [1.82, 2.24) is 9.78 Å². The van der Waals surface area contributed by atoms with Crippen LogP contribution in [0.3, 0.4) is 0 Å². The van der Waals surface area contributed by atoms with E-state index in [0.29, 0.717) is 18.0 Å². The summed E-state index contributed by atoms with van der Waals surface area (Å²) in [7, 11) is 1.85. The highest BCUT2D eigenvalue weighted by Gasteiger charge is 2.31. The van der Waals surface area contributed by atoms with E-state index in [2.05, 4.69) is 5.10 Å². The number of carbonyl (C=O) groups excluding carboxylic acids is 1. The summed E-state index contributed by atoms with van der Waals surface area (Å²) in [4.78, 5) is 14.0. The van der Waals surface area contributed by atoms with Gasteiger partial charge < -0.3 is 15.4 Å². The average molecular weight is 272 g/mol. The minimum atomic E-state index is -0.513. The van der Waals surface area contributed by atoms with Gasteiger partial charge in [-0.15, -0.1) is 0 Å². The first kappa shape index (κ1) is 12.5. The fourth-order valence-electron chi connectivity index (χ4n) is 2.33. The number of carbonyl (C=O) groups is 1. The standard InChI is InChI=1S/C14H16N4O2/c1-9-14(19)18(8-10-6-16-17(2)7-10)12-4-3-11(15)5-13(12)20-9/h3-7,9H,8,15H2,1-2H3. The van der Waals surface area contributed by atoms with E-state index < -0.39 is 6.10 Å². The van der Waals surface area contributed by atoms with Gasteiger partial charge in [0.15, 0.2) is 6.10 Å². The molecule has 2 heterocycles. The number of aryl methyl sites for hydroxylation is 1. The number of nitrogens with zero attached hydrogens (tertiary/aromatic N) is 3. The number of amides is 1. The lowest BCUT2D eigenvalue weighted by Gasteiger charge is -2.32. The molecule has 0 radical (unpaired) electrons. The Bertz CT molecular complexity index is 665. The smallest absolute Gasteiger partial charge is 0.268 e. The highest BCUT2D eigenvalue weighted by Crippen LogP contribution is 2.36. The van der Waals surface area contributed by atoms with Crippen LogP contribution in [0.2, 0.25) is 0 Å². The van der Waals surface area contributed by atoms with Crippen molar-refractivity contribution < 1.29 is 9.53 Å². The molecule has 0 spiro atoms. The van der Waals surface area contributed by atoms with Crippen molar-refractivity contribution in [3.8, 4) is 5.75 Å². The van der Waals surface area contributed by atoms with Gasteiger partial charge in [-0.05, 0) is 19.1 Å². The second-order valence-electron chi connectivity index (χ2n) is 4.93. The Morgan fingerprint density at radius 3 is 2.95 bits per heavy atom. The maximum absolute atomic E-state index is 12.3. The van der Waals surface area contributed by atoms with Crippen molar-refractivity contribution in [3.63, 3.8) is 0 Å². The Labute approximate surface area is 116 Å². The van der Waals surface area contributed by atoms with Crippen molar-refractivity contribution in [2.45, 2.75) is 19.6 Å². The summed E-state index contributed by atoms with van der Waals surface area (Å²) in [6, 6.07) is 5.32. The number of hydrogen-bond acceptors (Lipinski definition) is 4. The van der Waals surface area contributed by atoms with Gasteiger partial charge in [0.1, 0.15) is 5.75 Å². The molecule has 104 valence electrons. The third-order valence-electron chi connectivity index (χ3n) is 3.29. The molecule has 0 aliphatic carbocycles. The van der Waals surface area contributed by atoms with E-state index in [1.165, 1.54) is 0 Å². The van der Waals surface area contributed by atoms with E-state index >= 15 is 0 Å². The van der Waals surface area contributed by atoms with Crippen molar-refractivity contribution in [2.24, 2.45) is 7.05 Å². The molecule has 0 saturated carbocycles. The number of hydrogen-bond donors (Lipinski definition) is 1. The summed E-state index contributed by atoms with van der Waals surface area (Å²) in [5.41, 5.74) is 8.10. The van der Waals surface area contributed by atoms with Crippen molar-refractivity contribution in [2.75, 3.05) is 10.6 Å². The van der Waals surface area contributed by atoms with Crippen LogP contribution in [-0.4, -0.2) is 21.8 Å². The molecule has 0 fully saturated rings. The predicted octanol–water partition coefficient (Wildman–Crippen LogP) is 1.32. The molecule has 2 aromatic rings. The first-order valence-electron chi connectivity index (χ1n) is 6.39. The number of nitrogens with two attached hydrogens (primary N) is 1. The van der Waals surface area contributed by atoms with Gasteiger partial charge in [0, 0.05) is 30.6 Å². The van der Waals surface area contributed by atoms with Crippen molar-refractivity contribution in [1.29, 1.82) is 0 Å². The number of ether oxygens (including phenoxy) is 1. The molecule has 1 aliphatic heterocycles. The van der Waals surface area contributed by atoms with Crippen molar-refractivity contribution >= 4 is 17.3 Å². The van der Waals surface area contributed by atoms with Crippen LogP contribution < -0.4 is 15.4 Å². The zero-order chi connectivity index (χ0) is 14.3. The van der Waals surface area contributed by atoms with Crippen molar-refractivity contribution in [3.05, 3.63) is 36.2 Å². The Morgan fingerprint density at radius 1 is 1.45 bits per heavy atom. The number of rotatable bonds is 2. The minimum Gasteiger partial charge on any atom is -0.479 e. The highest BCUT2D eigenvalue weighted by molar-refractivity contribution is 6.00. The number of anilines is 2. The zero-order valence-electron chi connectivity index (χ0n) is 11.4. The summed E-state index contributed by atoms with van der Waals surface area (Å²) in [5.74, 6) is 0.576. The predicted molar refractivity (Wildman–Crippen MR) is 75.3 cm³/mol. The summed E-state index contributed by atoms with van der Waals surface area (Å²) < 4.78 is 7.32. The Morgan fingerprint density at radius 2 is 2.25 bits per heavy atom. The lowest BCUT2D eigenvalue weighted by Crippen LogP contribution is -2.43. The van der Waals surface area contributed by atoms with Gasteiger partial charge in [-0.25, -0.2) is 0 Å². The van der Waals surface area contributed by atoms with E-state index in [1.54, 1.807) is 34.8 Å². The van der Waals surface area contributed by atoms with Gasteiger partial charge in [-0.2, -0.15) is 5.10 Å². The Balaban J connectivity index is 1.98. The van der Waals surface area contributed by atoms with Gasteiger partial charge in [-0.3, -0.25) is 9.48 Å². The number of fused-ring (bicyclic) bond motifs is 1. The van der Waals surface area contributed by atoms with Gasteiger partial charge in [0.2, 0.25) is 0 Å². The minimum absolute atomic E-state index is 0.0638. The summed E-state index contributed by atoms with van der Waals surface area (Å²) in [6.45, 7) is 2.21. The van der Waals surface area contributed by atoms with E-state index in [-0.39, 0.29) is 5.91 Å². The molecule has 1 aliphatic rings. The first-order chi connectivity index (χ1) is 9.54. The van der Waals surface area contributed by atoms with E-state index in [0.717, 1.165) is 11.3 Å². The molecule has 6 heteroatoms. The zero-order valence-corrected chi connectivity index (χ0v) is 11.4. The van der Waals surface area contributed by atoms with Gasteiger partial charge in [-0.1, -0.05) is 0 Å². The average Bonchev–Trinajstić information content (AvgIpc) is 2.80. The van der Waals surface area contributed by atoms with Crippen LogP contribution >= 0.6 is 0 Å². The maximum atomic E-state index is 12.3. The molecule has 0 bridgehead atoms. The topological polar surface area (TPSA) is 73.4 Å². The van der Waals surface area contributed by atoms with Gasteiger partial charge >= 0.3 is 0 Å². The molecule has 1 unspecified atom stereocenters. The quantitative estimate of drug-likeness (QED) is 0.837. The molecule has 1 amide bonds. The SMILES string of the molecule is CC1Oc2cc(N)ccc2N(Cc2cnn(C)c2)C1=O. The summed E-state index contributed by atoms with van der Waals surface area (Å²) in [5, 5.41) is 4.12. The molecule has 1 aromatic carbocycles. The molecule has 1 aromatic heterocycles. The number of nitrogen functional groups attached to an aromatic ring is 1. The van der Waals surface area contributed by atoms with Crippen LogP contribution in [0.25, 0.3) is 0 Å².